The lowest BCUT2D eigenvalue weighted by molar-refractivity contribution is 0.279. The van der Waals surface area contributed by atoms with Crippen molar-refractivity contribution in [1.29, 1.82) is 0 Å². The first-order valence-electron chi connectivity index (χ1n) is 16.2. The molecule has 0 saturated carbocycles. The van der Waals surface area contributed by atoms with Crippen molar-refractivity contribution >= 4 is 49.0 Å². The molecule has 1 aliphatic heterocycles. The molecule has 0 radical (unpaired) electrons. The maximum Gasteiger partial charge on any atom is 0.218 e. The summed E-state index contributed by atoms with van der Waals surface area (Å²) in [4.78, 5) is 9.44. The molecule has 0 spiro atoms. The molecule has 0 atom stereocenters. The van der Waals surface area contributed by atoms with Crippen LogP contribution in [-0.4, -0.2) is 23.0 Å². The molecule has 0 N–H and O–H groups in total. The van der Waals surface area contributed by atoms with Gasteiger partial charge < -0.3 is 4.74 Å². The van der Waals surface area contributed by atoms with Gasteiger partial charge in [-0.25, -0.2) is 4.99 Å². The Morgan fingerprint density at radius 3 is 1.62 bits per heavy atom. The molecular weight excluding hydrogens is 572 g/mol. The molecule has 8 aromatic rings. The second kappa shape index (κ2) is 10.6. The van der Waals surface area contributed by atoms with Crippen LogP contribution in [0.3, 0.4) is 0 Å². The van der Waals surface area contributed by atoms with Crippen molar-refractivity contribution in [1.82, 2.24) is 4.98 Å². The van der Waals surface area contributed by atoms with Crippen LogP contribution in [0.25, 0.3) is 76.5 Å². The molecule has 9 rings (SSSR count). The van der Waals surface area contributed by atoms with E-state index < -0.39 is 0 Å². The summed E-state index contributed by atoms with van der Waals surface area (Å²) in [6.45, 7) is 4.75. The van der Waals surface area contributed by atoms with Crippen molar-refractivity contribution in [3.8, 4) is 33.4 Å². The van der Waals surface area contributed by atoms with E-state index in [2.05, 4.69) is 152 Å². The maximum atomic E-state index is 5.98. The zero-order chi connectivity index (χ0) is 31.5. The second-order valence-electron chi connectivity index (χ2n) is 13.2. The number of hydrogen-bond acceptors (Lipinski definition) is 3. The van der Waals surface area contributed by atoms with Crippen LogP contribution in [0.4, 0.5) is 0 Å². The van der Waals surface area contributed by atoms with Gasteiger partial charge in [-0.1, -0.05) is 109 Å². The number of ether oxygens (including phenoxy) is 1. The van der Waals surface area contributed by atoms with Crippen molar-refractivity contribution < 1.29 is 4.74 Å². The SMILES string of the molecule is CC1(C)COC(c2cncc(-c3ccc4c(-c5ccc6ccccc6c5)c5ccccc5c(-c5ccc6ccccc6c5)c4c3)c2)=N1. The fourth-order valence-corrected chi connectivity index (χ4v) is 7.12. The Kier molecular flexibility index (Phi) is 6.23. The van der Waals surface area contributed by atoms with Gasteiger partial charge in [0.2, 0.25) is 5.90 Å². The predicted octanol–water partition coefficient (Wildman–Crippen LogP) is 11.3. The fourth-order valence-electron chi connectivity index (χ4n) is 7.12. The minimum atomic E-state index is -0.233. The van der Waals surface area contributed by atoms with E-state index in [0.29, 0.717) is 12.5 Å². The van der Waals surface area contributed by atoms with Crippen LogP contribution in [0, 0.1) is 0 Å². The van der Waals surface area contributed by atoms with Crippen molar-refractivity contribution in [2.45, 2.75) is 19.4 Å². The number of hydrogen-bond donors (Lipinski definition) is 0. The van der Waals surface area contributed by atoms with Crippen LogP contribution >= 0.6 is 0 Å². The molecule has 0 aliphatic carbocycles. The number of fused-ring (bicyclic) bond motifs is 4. The zero-order valence-electron chi connectivity index (χ0n) is 26.4. The molecule has 47 heavy (non-hydrogen) atoms. The lowest BCUT2D eigenvalue weighted by Crippen LogP contribution is -2.17. The van der Waals surface area contributed by atoms with Gasteiger partial charge in [0.25, 0.3) is 0 Å². The number of rotatable bonds is 4. The highest BCUT2D eigenvalue weighted by molar-refractivity contribution is 6.22. The predicted molar refractivity (Wildman–Crippen MR) is 197 cm³/mol. The highest BCUT2D eigenvalue weighted by Crippen LogP contribution is 2.45. The van der Waals surface area contributed by atoms with Crippen molar-refractivity contribution in [2.24, 2.45) is 4.99 Å². The Balaban J connectivity index is 1.34. The first kappa shape index (κ1) is 27.5. The van der Waals surface area contributed by atoms with Crippen LogP contribution in [0.2, 0.25) is 0 Å². The Morgan fingerprint density at radius 2 is 1.00 bits per heavy atom. The molecule has 3 nitrogen and oxygen atoms in total. The molecule has 3 heteroatoms. The minimum absolute atomic E-state index is 0.233. The van der Waals surface area contributed by atoms with Gasteiger partial charge in [0, 0.05) is 18.0 Å². The van der Waals surface area contributed by atoms with Crippen molar-refractivity contribution in [2.75, 3.05) is 6.61 Å². The summed E-state index contributed by atoms with van der Waals surface area (Å²) in [5.74, 6) is 0.659. The van der Waals surface area contributed by atoms with E-state index in [4.69, 9.17) is 9.73 Å². The normalized spacial score (nSPS) is 14.1. The van der Waals surface area contributed by atoms with Crippen LogP contribution in [0.5, 0.6) is 0 Å². The summed E-state index contributed by atoms with van der Waals surface area (Å²) in [5.41, 5.74) is 7.71. The van der Waals surface area contributed by atoms with E-state index in [1.54, 1.807) is 0 Å². The second-order valence-corrected chi connectivity index (χ2v) is 13.2. The van der Waals surface area contributed by atoms with Gasteiger partial charge in [-0.05, 0) is 109 Å². The van der Waals surface area contributed by atoms with E-state index in [-0.39, 0.29) is 5.54 Å². The summed E-state index contributed by atoms with van der Waals surface area (Å²) >= 11 is 0. The molecular formula is C44H32N2O. The fraction of sp³-hybridized carbons (Fsp3) is 0.0909. The van der Waals surface area contributed by atoms with Crippen LogP contribution in [-0.2, 0) is 4.74 Å². The molecule has 0 bridgehead atoms. The molecule has 1 aromatic heterocycles. The molecule has 0 fully saturated rings. The first-order chi connectivity index (χ1) is 23.0. The Labute approximate surface area is 273 Å². The molecule has 2 heterocycles. The smallest absolute Gasteiger partial charge is 0.218 e. The van der Waals surface area contributed by atoms with E-state index in [1.807, 2.05) is 12.4 Å². The standard InChI is InChI=1S/C44H32N2O/c1-44(2)27-47-43(46-44)36-23-35(25-45-26-36)32-19-20-39-40(24-32)42(34-18-16-29-10-4-6-12-31(29)22-34)38-14-8-7-13-37(38)41(39)33-17-15-28-9-3-5-11-30(28)21-33/h3-26H,27H2,1-2H3. The molecule has 0 saturated heterocycles. The Hall–Kier alpha value is -5.80. The van der Waals surface area contributed by atoms with Gasteiger partial charge in [-0.2, -0.15) is 0 Å². The van der Waals surface area contributed by atoms with Crippen LogP contribution in [0.15, 0.2) is 151 Å². The van der Waals surface area contributed by atoms with Gasteiger partial charge in [-0.3, -0.25) is 4.98 Å². The Bertz CT molecular complexity index is 2560. The summed E-state index contributed by atoms with van der Waals surface area (Å²) in [6.07, 6.45) is 3.78. The van der Waals surface area contributed by atoms with E-state index >= 15 is 0 Å². The van der Waals surface area contributed by atoms with Gasteiger partial charge in [0.05, 0.1) is 11.1 Å². The molecule has 7 aromatic carbocycles. The van der Waals surface area contributed by atoms with E-state index in [0.717, 1.165) is 16.7 Å². The molecule has 0 amide bonds. The van der Waals surface area contributed by atoms with Crippen LogP contribution < -0.4 is 0 Å². The third-order valence-electron chi connectivity index (χ3n) is 9.39. The highest BCUT2D eigenvalue weighted by atomic mass is 16.5. The monoisotopic (exact) mass is 604 g/mol. The van der Waals surface area contributed by atoms with Gasteiger partial charge in [0.15, 0.2) is 0 Å². The summed E-state index contributed by atoms with van der Waals surface area (Å²) in [7, 11) is 0. The summed E-state index contributed by atoms with van der Waals surface area (Å²) in [6, 6.07) is 48.7. The minimum Gasteiger partial charge on any atom is -0.475 e. The van der Waals surface area contributed by atoms with Crippen LogP contribution in [0.1, 0.15) is 19.4 Å². The number of aliphatic imine (C=N–C) groups is 1. The first-order valence-corrected chi connectivity index (χ1v) is 16.2. The summed E-state index contributed by atoms with van der Waals surface area (Å²) in [5, 5.41) is 9.86. The lowest BCUT2D eigenvalue weighted by Gasteiger charge is -2.19. The van der Waals surface area contributed by atoms with Gasteiger partial charge in [-0.15, -0.1) is 0 Å². The average molecular weight is 605 g/mol. The van der Waals surface area contributed by atoms with Gasteiger partial charge >= 0.3 is 0 Å². The maximum absolute atomic E-state index is 5.98. The topological polar surface area (TPSA) is 34.5 Å². The van der Waals surface area contributed by atoms with Crippen molar-refractivity contribution in [3.63, 3.8) is 0 Å². The third kappa shape index (κ3) is 4.74. The zero-order valence-corrected chi connectivity index (χ0v) is 26.4. The Morgan fingerprint density at radius 1 is 0.468 bits per heavy atom. The number of pyridine rings is 1. The average Bonchev–Trinajstić information content (AvgIpc) is 3.49. The largest absolute Gasteiger partial charge is 0.475 e. The van der Waals surface area contributed by atoms with E-state index in [9.17, 15) is 0 Å². The number of aromatic nitrogens is 1. The highest BCUT2D eigenvalue weighted by Gasteiger charge is 2.27. The number of benzene rings is 7. The lowest BCUT2D eigenvalue weighted by atomic mass is 9.84. The molecule has 1 aliphatic rings. The number of nitrogens with zero attached hydrogens (tertiary/aromatic N) is 2. The van der Waals surface area contributed by atoms with E-state index in [1.165, 1.54) is 65.3 Å². The van der Waals surface area contributed by atoms with Gasteiger partial charge in [0.1, 0.15) is 6.61 Å². The molecule has 0 unspecified atom stereocenters. The molecule has 224 valence electrons. The van der Waals surface area contributed by atoms with Crippen molar-refractivity contribution in [3.05, 3.63) is 151 Å². The summed E-state index contributed by atoms with van der Waals surface area (Å²) < 4.78 is 5.98. The third-order valence-corrected chi connectivity index (χ3v) is 9.39. The quantitative estimate of drug-likeness (QED) is 0.187.